The molecule has 2 aliphatic carbocycles. The Bertz CT molecular complexity index is 1910. The van der Waals surface area contributed by atoms with Crippen LogP contribution in [-0.2, 0) is 45.9 Å². The third kappa shape index (κ3) is 7.87. The van der Waals surface area contributed by atoms with Crippen LogP contribution in [0.25, 0.3) is 11.0 Å². The number of thiophene rings is 2. The van der Waals surface area contributed by atoms with Crippen molar-refractivity contribution in [3.63, 3.8) is 0 Å². The monoisotopic (exact) mass is 792 g/mol. The molecule has 4 unspecified atom stereocenters. The Morgan fingerprint density at radius 3 is 2.55 bits per heavy atom. The normalized spacial score (nSPS) is 24.7. The van der Waals surface area contributed by atoms with Gasteiger partial charge in [-0.05, 0) is 122 Å². The average molecular weight is 793 g/mol. The minimum absolute atomic E-state index is 0.0134. The number of aryl methyl sites for hydroxylation is 2. The highest BCUT2D eigenvalue weighted by molar-refractivity contribution is 7.12. The van der Waals surface area contributed by atoms with E-state index in [1.165, 1.54) is 39.4 Å². The first kappa shape index (κ1) is 38.6. The first-order chi connectivity index (χ1) is 26.6. The molecule has 2 saturated heterocycles. The molecule has 1 amide bonds. The summed E-state index contributed by atoms with van der Waals surface area (Å²) in [6.45, 7) is 3.83. The molecular formula is C40H52N6O7S2. The number of benzene rings is 1. The van der Waals surface area contributed by atoms with Gasteiger partial charge in [-0.15, -0.1) is 27.8 Å². The van der Waals surface area contributed by atoms with Crippen molar-refractivity contribution in [3.05, 3.63) is 67.5 Å². The molecule has 1 aromatic carbocycles. The highest BCUT2D eigenvalue weighted by Crippen LogP contribution is 2.39. The van der Waals surface area contributed by atoms with Crippen molar-refractivity contribution < 1.29 is 34.8 Å². The molecule has 0 radical (unpaired) electrons. The standard InChI is InChI=1S/C40H52N6O7S2/c47-31-11-9-27(28-10-12-35(49)42-36(28)31)32(48)23-41-22-25-21-30-37(29-6-1-5-26(25)29)46(44-43-30)16-4-15-45-17-13-39(51,14-18-45)24-53-38(50)40(52,33-7-2-19-54-33)34-8-3-20-55-34/h2-3,7-8,19-21,27-28,31-32,36,41,47-48,51-52H,1,4-6,9-18,22-24H2,(H,42,49)/t27?,28?,31?,32-,36?/m0/s1. The summed E-state index contributed by atoms with van der Waals surface area (Å²) in [5.74, 6) is -0.655. The van der Waals surface area contributed by atoms with Gasteiger partial charge in [0.25, 0.3) is 0 Å². The number of nitrogens with one attached hydrogen (secondary N) is 2. The third-order valence-corrected chi connectivity index (χ3v) is 14.5. The highest BCUT2D eigenvalue weighted by atomic mass is 32.1. The fourth-order valence-electron chi connectivity index (χ4n) is 9.48. The van der Waals surface area contributed by atoms with Gasteiger partial charge in [-0.25, -0.2) is 9.48 Å². The number of aliphatic hydroxyl groups is 4. The minimum Gasteiger partial charge on any atom is -0.460 e. The van der Waals surface area contributed by atoms with Crippen LogP contribution in [-0.4, -0.2) is 109 Å². The number of esters is 1. The molecule has 15 heteroatoms. The number of aromatic nitrogens is 3. The van der Waals surface area contributed by atoms with Gasteiger partial charge in [0.15, 0.2) is 0 Å². The SMILES string of the molecule is O=C1CCC2C(N1)C(O)CCC2[C@@H](O)CNCc1cc2nnn(CCCN3CCC(O)(COC(=O)C(O)(c4cccs4)c4cccs4)CC3)c2c2c1CCC2. The van der Waals surface area contributed by atoms with E-state index < -0.39 is 29.4 Å². The number of piperidine rings is 2. The number of rotatable bonds is 14. The number of carbonyl (C=O) groups excluding carboxylic acids is 2. The summed E-state index contributed by atoms with van der Waals surface area (Å²) >= 11 is 2.59. The van der Waals surface area contributed by atoms with E-state index in [4.69, 9.17) is 4.74 Å². The first-order valence-corrected chi connectivity index (χ1v) is 21.5. The van der Waals surface area contributed by atoms with Crippen molar-refractivity contribution in [2.24, 2.45) is 11.8 Å². The van der Waals surface area contributed by atoms with Gasteiger partial charge in [-0.3, -0.25) is 4.79 Å². The molecule has 2 aliphatic heterocycles. The maximum atomic E-state index is 13.3. The zero-order valence-corrected chi connectivity index (χ0v) is 32.7. The van der Waals surface area contributed by atoms with Gasteiger partial charge >= 0.3 is 5.97 Å². The van der Waals surface area contributed by atoms with Gasteiger partial charge < -0.3 is 40.7 Å². The topological polar surface area (TPSA) is 182 Å². The zero-order chi connectivity index (χ0) is 38.2. The number of amides is 1. The van der Waals surface area contributed by atoms with Crippen molar-refractivity contribution in [1.29, 1.82) is 0 Å². The van der Waals surface area contributed by atoms with Gasteiger partial charge in [0.2, 0.25) is 11.5 Å². The summed E-state index contributed by atoms with van der Waals surface area (Å²) in [5, 5.41) is 63.8. The van der Waals surface area contributed by atoms with E-state index in [9.17, 15) is 30.0 Å². The van der Waals surface area contributed by atoms with E-state index in [0.29, 0.717) is 68.0 Å². The lowest BCUT2D eigenvalue weighted by Crippen LogP contribution is -2.58. The largest absolute Gasteiger partial charge is 0.460 e. The summed E-state index contributed by atoms with van der Waals surface area (Å²) < 4.78 is 7.67. The molecular weight excluding hydrogens is 741 g/mol. The summed E-state index contributed by atoms with van der Waals surface area (Å²) in [5.41, 5.74) is 2.84. The van der Waals surface area contributed by atoms with E-state index in [2.05, 4.69) is 31.9 Å². The van der Waals surface area contributed by atoms with Crippen molar-refractivity contribution in [3.8, 4) is 0 Å². The van der Waals surface area contributed by atoms with E-state index in [1.54, 1.807) is 24.3 Å². The number of aliphatic hydroxyl groups excluding tert-OH is 2. The molecule has 13 nitrogen and oxygen atoms in total. The number of nitrogens with zero attached hydrogens (tertiary/aromatic N) is 4. The fraction of sp³-hybridized carbons (Fsp3) is 0.600. The highest BCUT2D eigenvalue weighted by Gasteiger charge is 2.46. The van der Waals surface area contributed by atoms with Crippen LogP contribution in [0.15, 0.2) is 41.1 Å². The molecule has 1 saturated carbocycles. The summed E-state index contributed by atoms with van der Waals surface area (Å²) in [7, 11) is 0. The van der Waals surface area contributed by atoms with Crippen LogP contribution in [0.1, 0.15) is 77.8 Å². The Morgan fingerprint density at radius 1 is 1.07 bits per heavy atom. The van der Waals surface area contributed by atoms with Gasteiger partial charge in [-0.2, -0.15) is 0 Å². The smallest absolute Gasteiger partial charge is 0.349 e. The molecule has 4 aliphatic rings. The number of likely N-dealkylation sites (tertiary alicyclic amines) is 1. The molecule has 0 bridgehead atoms. The molecule has 6 N–H and O–H groups in total. The molecule has 0 spiro atoms. The third-order valence-electron chi connectivity index (χ3n) is 12.5. The van der Waals surface area contributed by atoms with E-state index in [1.807, 2.05) is 15.4 Å². The van der Waals surface area contributed by atoms with Crippen LogP contribution in [0, 0.1) is 11.8 Å². The number of carbonyl (C=O) groups is 2. The van der Waals surface area contributed by atoms with E-state index in [-0.39, 0.29) is 30.4 Å². The second kappa shape index (κ2) is 16.3. The van der Waals surface area contributed by atoms with Crippen LogP contribution in [0.2, 0.25) is 0 Å². The van der Waals surface area contributed by atoms with Gasteiger partial charge in [0, 0.05) is 39.1 Å². The number of hydrogen-bond acceptors (Lipinski definition) is 13. The Hall–Kier alpha value is -3.28. The van der Waals surface area contributed by atoms with E-state index in [0.717, 1.165) is 56.2 Å². The first-order valence-electron chi connectivity index (χ1n) is 19.8. The van der Waals surface area contributed by atoms with Crippen LogP contribution in [0.3, 0.4) is 0 Å². The molecule has 4 aromatic rings. The van der Waals surface area contributed by atoms with Gasteiger partial charge in [0.1, 0.15) is 17.7 Å². The Labute approximate surface area is 328 Å². The van der Waals surface area contributed by atoms with Crippen molar-refractivity contribution >= 4 is 45.6 Å². The number of ether oxygens (including phenoxy) is 1. The minimum atomic E-state index is -1.89. The van der Waals surface area contributed by atoms with Gasteiger partial charge in [0.05, 0.1) is 33.5 Å². The van der Waals surface area contributed by atoms with E-state index >= 15 is 0 Å². The zero-order valence-electron chi connectivity index (χ0n) is 31.1. The lowest BCUT2D eigenvalue weighted by molar-refractivity contribution is -0.171. The second-order valence-electron chi connectivity index (χ2n) is 16.0. The molecule has 5 atom stereocenters. The van der Waals surface area contributed by atoms with Crippen LogP contribution in [0.5, 0.6) is 0 Å². The number of hydrogen-bond donors (Lipinski definition) is 6. The van der Waals surface area contributed by atoms with Crippen molar-refractivity contribution in [2.45, 2.75) is 107 Å². The maximum absolute atomic E-state index is 13.3. The average Bonchev–Trinajstić information content (AvgIpc) is 4.03. The Morgan fingerprint density at radius 2 is 1.82 bits per heavy atom. The molecule has 296 valence electrons. The van der Waals surface area contributed by atoms with Crippen LogP contribution in [0.4, 0.5) is 0 Å². The maximum Gasteiger partial charge on any atom is 0.349 e. The van der Waals surface area contributed by atoms with Crippen molar-refractivity contribution in [1.82, 2.24) is 30.5 Å². The molecule has 5 heterocycles. The lowest BCUT2D eigenvalue weighted by atomic mass is 9.68. The molecule has 3 aromatic heterocycles. The van der Waals surface area contributed by atoms with Crippen LogP contribution < -0.4 is 10.6 Å². The Balaban J connectivity index is 0.820. The Kier molecular flexibility index (Phi) is 11.4. The summed E-state index contributed by atoms with van der Waals surface area (Å²) in [4.78, 5) is 28.6. The molecule has 55 heavy (non-hydrogen) atoms. The summed E-state index contributed by atoms with van der Waals surface area (Å²) in [6, 6.07) is 8.90. The number of fused-ring (bicyclic) bond motifs is 4. The predicted molar refractivity (Wildman–Crippen MR) is 208 cm³/mol. The predicted octanol–water partition coefficient (Wildman–Crippen LogP) is 2.86. The van der Waals surface area contributed by atoms with Gasteiger partial charge in [-0.1, -0.05) is 17.3 Å². The lowest BCUT2D eigenvalue weighted by Gasteiger charge is -2.45. The fourth-order valence-corrected chi connectivity index (χ4v) is 11.2. The van der Waals surface area contributed by atoms with Crippen LogP contribution >= 0.6 is 22.7 Å². The molecule has 8 rings (SSSR count). The second-order valence-corrected chi connectivity index (χ2v) is 17.9. The molecule has 3 fully saturated rings. The van der Waals surface area contributed by atoms with Crippen molar-refractivity contribution in [2.75, 3.05) is 32.8 Å². The summed E-state index contributed by atoms with van der Waals surface area (Å²) in [6.07, 6.45) is 6.27. The quantitative estimate of drug-likeness (QED) is 0.103.